The lowest BCUT2D eigenvalue weighted by Gasteiger charge is -2.07. The molecule has 0 unspecified atom stereocenters. The van der Waals surface area contributed by atoms with Gasteiger partial charge in [-0.25, -0.2) is 9.18 Å². The van der Waals surface area contributed by atoms with Crippen LogP contribution in [0.2, 0.25) is 0 Å². The van der Waals surface area contributed by atoms with Gasteiger partial charge >= 0.3 is 5.97 Å². The van der Waals surface area contributed by atoms with Crippen LogP contribution in [-0.2, 0) is 4.79 Å². The SMILES string of the molecule is N#C/C(=C/c1ccc(OCC(=O)O)c(I)c1)c1ccc(F)cc1. The van der Waals surface area contributed by atoms with Crippen molar-refractivity contribution in [1.29, 1.82) is 5.26 Å². The van der Waals surface area contributed by atoms with Crippen LogP contribution in [0.15, 0.2) is 42.5 Å². The summed E-state index contributed by atoms with van der Waals surface area (Å²) in [7, 11) is 0. The van der Waals surface area contributed by atoms with Crippen LogP contribution in [0.1, 0.15) is 11.1 Å². The molecule has 0 saturated heterocycles. The molecule has 0 aliphatic carbocycles. The second kappa shape index (κ2) is 7.74. The Kier molecular flexibility index (Phi) is 5.71. The zero-order valence-corrected chi connectivity index (χ0v) is 14.0. The van der Waals surface area contributed by atoms with Gasteiger partial charge in [-0.1, -0.05) is 18.2 Å². The van der Waals surface area contributed by atoms with Gasteiger partial charge in [-0.15, -0.1) is 0 Å². The maximum atomic E-state index is 12.9. The highest BCUT2D eigenvalue weighted by molar-refractivity contribution is 14.1. The number of carboxylic acids is 1. The molecule has 0 atom stereocenters. The molecular formula is C17H11FINO3. The molecule has 6 heteroatoms. The molecule has 0 aliphatic rings. The second-order valence-corrected chi connectivity index (χ2v) is 5.71. The van der Waals surface area contributed by atoms with E-state index in [1.165, 1.54) is 12.1 Å². The van der Waals surface area contributed by atoms with E-state index in [0.717, 1.165) is 9.13 Å². The minimum Gasteiger partial charge on any atom is -0.481 e. The van der Waals surface area contributed by atoms with Gasteiger partial charge in [0.05, 0.1) is 15.2 Å². The van der Waals surface area contributed by atoms with Crippen LogP contribution < -0.4 is 4.74 Å². The maximum absolute atomic E-state index is 12.9. The predicted molar refractivity (Wildman–Crippen MR) is 92.2 cm³/mol. The van der Waals surface area contributed by atoms with Crippen molar-refractivity contribution in [2.45, 2.75) is 0 Å². The molecule has 0 amide bonds. The Labute approximate surface area is 146 Å². The van der Waals surface area contributed by atoms with Gasteiger partial charge in [0.25, 0.3) is 0 Å². The van der Waals surface area contributed by atoms with Crippen molar-refractivity contribution in [3.63, 3.8) is 0 Å². The maximum Gasteiger partial charge on any atom is 0.341 e. The van der Waals surface area contributed by atoms with Crippen LogP contribution in [-0.4, -0.2) is 17.7 Å². The number of nitrogens with zero attached hydrogens (tertiary/aromatic N) is 1. The van der Waals surface area contributed by atoms with Gasteiger partial charge in [-0.2, -0.15) is 5.26 Å². The molecule has 2 aromatic rings. The smallest absolute Gasteiger partial charge is 0.341 e. The molecule has 0 bridgehead atoms. The van der Waals surface area contributed by atoms with Crippen molar-refractivity contribution in [1.82, 2.24) is 0 Å². The van der Waals surface area contributed by atoms with Crippen LogP contribution in [0.4, 0.5) is 4.39 Å². The minimum atomic E-state index is -1.05. The molecular weight excluding hydrogens is 412 g/mol. The van der Waals surface area contributed by atoms with E-state index in [1.54, 1.807) is 36.4 Å². The molecule has 0 fully saturated rings. The topological polar surface area (TPSA) is 70.3 Å². The number of nitriles is 1. The molecule has 0 heterocycles. The van der Waals surface area contributed by atoms with Gasteiger partial charge in [-0.3, -0.25) is 0 Å². The number of rotatable bonds is 5. The number of carbonyl (C=O) groups is 1. The Bertz CT molecular complexity index is 794. The van der Waals surface area contributed by atoms with Crippen LogP contribution >= 0.6 is 22.6 Å². The van der Waals surface area contributed by atoms with Crippen LogP contribution in [0, 0.1) is 20.7 Å². The molecule has 1 N–H and O–H groups in total. The lowest BCUT2D eigenvalue weighted by Crippen LogP contribution is -2.10. The number of allylic oxidation sites excluding steroid dienone is 1. The number of hydrogen-bond donors (Lipinski definition) is 1. The molecule has 2 rings (SSSR count). The monoisotopic (exact) mass is 423 g/mol. The van der Waals surface area contributed by atoms with E-state index in [2.05, 4.69) is 6.07 Å². The number of ether oxygens (including phenoxy) is 1. The highest BCUT2D eigenvalue weighted by Crippen LogP contribution is 2.25. The Balaban J connectivity index is 2.27. The van der Waals surface area contributed by atoms with Gasteiger partial charge in [0.1, 0.15) is 11.6 Å². The third-order valence-corrected chi connectivity index (χ3v) is 3.74. The quantitative estimate of drug-likeness (QED) is 0.449. The zero-order chi connectivity index (χ0) is 16.8. The number of benzene rings is 2. The van der Waals surface area contributed by atoms with Crippen molar-refractivity contribution in [2.24, 2.45) is 0 Å². The summed E-state index contributed by atoms with van der Waals surface area (Å²) in [5.74, 6) is -0.946. The summed E-state index contributed by atoms with van der Waals surface area (Å²) in [5, 5.41) is 17.9. The number of hydrogen-bond acceptors (Lipinski definition) is 3. The molecule has 4 nitrogen and oxygen atoms in total. The zero-order valence-electron chi connectivity index (χ0n) is 11.8. The molecule has 2 aromatic carbocycles. The lowest BCUT2D eigenvalue weighted by molar-refractivity contribution is -0.139. The van der Waals surface area contributed by atoms with E-state index in [0.29, 0.717) is 16.9 Å². The van der Waals surface area contributed by atoms with E-state index >= 15 is 0 Å². The minimum absolute atomic E-state index is 0.361. The number of carboxylic acid groups (broad SMARTS) is 1. The summed E-state index contributed by atoms with van der Waals surface area (Å²) in [4.78, 5) is 10.5. The third-order valence-electron chi connectivity index (χ3n) is 2.89. The fourth-order valence-corrected chi connectivity index (χ4v) is 2.53. The van der Waals surface area contributed by atoms with E-state index in [-0.39, 0.29) is 5.82 Å². The van der Waals surface area contributed by atoms with Gasteiger partial charge in [0, 0.05) is 0 Å². The first-order valence-corrected chi connectivity index (χ1v) is 7.59. The second-order valence-electron chi connectivity index (χ2n) is 4.55. The molecule has 116 valence electrons. The highest BCUT2D eigenvalue weighted by Gasteiger charge is 2.06. The Hall–Kier alpha value is -2.40. The fourth-order valence-electron chi connectivity index (χ4n) is 1.84. The summed E-state index contributed by atoms with van der Waals surface area (Å²) in [6.07, 6.45) is 1.68. The summed E-state index contributed by atoms with van der Waals surface area (Å²) in [6, 6.07) is 12.9. The normalized spacial score (nSPS) is 10.9. The average Bonchev–Trinajstić information content (AvgIpc) is 2.52. The third kappa shape index (κ3) is 4.79. The number of aliphatic carboxylic acids is 1. The van der Waals surface area contributed by atoms with Gasteiger partial charge < -0.3 is 9.84 Å². The molecule has 0 saturated carbocycles. The molecule has 0 aromatic heterocycles. The van der Waals surface area contributed by atoms with Crippen molar-refractivity contribution in [3.05, 3.63) is 63.0 Å². The van der Waals surface area contributed by atoms with Crippen LogP contribution in [0.5, 0.6) is 5.75 Å². The molecule has 0 aliphatic heterocycles. The first-order valence-electron chi connectivity index (χ1n) is 6.51. The Morgan fingerprint density at radius 2 is 2.00 bits per heavy atom. The summed E-state index contributed by atoms with van der Waals surface area (Å²) < 4.78 is 18.8. The Morgan fingerprint density at radius 1 is 1.30 bits per heavy atom. The van der Waals surface area contributed by atoms with Gasteiger partial charge in [0.15, 0.2) is 6.61 Å². The first-order chi connectivity index (χ1) is 11.0. The van der Waals surface area contributed by atoms with E-state index < -0.39 is 12.6 Å². The largest absolute Gasteiger partial charge is 0.481 e. The van der Waals surface area contributed by atoms with Crippen molar-refractivity contribution < 1.29 is 19.0 Å². The van der Waals surface area contributed by atoms with Gasteiger partial charge in [0.2, 0.25) is 0 Å². The average molecular weight is 423 g/mol. The Morgan fingerprint density at radius 3 is 2.57 bits per heavy atom. The van der Waals surface area contributed by atoms with E-state index in [9.17, 15) is 14.4 Å². The van der Waals surface area contributed by atoms with Gasteiger partial charge in [-0.05, 0) is 64.1 Å². The van der Waals surface area contributed by atoms with Crippen molar-refractivity contribution in [3.8, 4) is 11.8 Å². The summed E-state index contributed by atoms with van der Waals surface area (Å²) in [6.45, 7) is -0.412. The standard InChI is InChI=1S/C17H11FINO3/c18-14-4-2-12(3-5-14)13(9-20)7-11-1-6-16(15(19)8-11)23-10-17(21)22/h1-8H,10H2,(H,21,22)/b13-7-. The van der Waals surface area contributed by atoms with Crippen LogP contribution in [0.25, 0.3) is 11.6 Å². The van der Waals surface area contributed by atoms with E-state index in [1.807, 2.05) is 22.6 Å². The highest BCUT2D eigenvalue weighted by atomic mass is 127. The molecule has 0 radical (unpaired) electrons. The predicted octanol–water partition coefficient (Wildman–Crippen LogP) is 3.96. The summed E-state index contributed by atoms with van der Waals surface area (Å²) in [5.41, 5.74) is 1.79. The first kappa shape index (κ1) is 17.0. The van der Waals surface area contributed by atoms with Crippen molar-refractivity contribution >= 4 is 40.2 Å². The molecule has 23 heavy (non-hydrogen) atoms. The summed E-state index contributed by atoms with van der Waals surface area (Å²) >= 11 is 2.03. The van der Waals surface area contributed by atoms with E-state index in [4.69, 9.17) is 9.84 Å². The lowest BCUT2D eigenvalue weighted by atomic mass is 10.0. The fraction of sp³-hybridized carbons (Fsp3) is 0.0588. The van der Waals surface area contributed by atoms with Crippen molar-refractivity contribution in [2.75, 3.05) is 6.61 Å². The molecule has 0 spiro atoms. The number of halogens is 2. The van der Waals surface area contributed by atoms with Crippen LogP contribution in [0.3, 0.4) is 0 Å².